The van der Waals surface area contributed by atoms with Gasteiger partial charge in [-0.2, -0.15) is 0 Å². The summed E-state index contributed by atoms with van der Waals surface area (Å²) in [5.41, 5.74) is 6.45. The Kier molecular flexibility index (Phi) is 7.66. The maximum Gasteiger partial charge on any atom is 1.00 e. The van der Waals surface area contributed by atoms with Crippen LogP contribution in [0.3, 0.4) is 0 Å². The monoisotopic (exact) mass is 222 g/mol. The smallest absolute Gasteiger partial charge is 0.410 e. The van der Waals surface area contributed by atoms with E-state index in [1.807, 2.05) is 30.3 Å². The number of nitrogens with one attached hydrogen (secondary N) is 2. The summed E-state index contributed by atoms with van der Waals surface area (Å²) in [5, 5.41) is 0. The number of anilines is 1. The van der Waals surface area contributed by atoms with Gasteiger partial charge in [0.2, 0.25) is 0 Å². The molecule has 0 aliphatic rings. The molecular formula is C7H7KN2S2. The molecule has 12 heavy (non-hydrogen) atoms. The van der Waals surface area contributed by atoms with Crippen LogP contribution < -0.4 is 62.2 Å². The molecule has 0 amide bonds. The van der Waals surface area contributed by atoms with Gasteiger partial charge in [0.05, 0.1) is 5.69 Å². The van der Waals surface area contributed by atoms with Crippen LogP contribution in [0.4, 0.5) is 5.69 Å². The van der Waals surface area contributed by atoms with Gasteiger partial charge < -0.3 is 35.7 Å². The molecule has 58 valence electrons. The molecule has 0 atom stereocenters. The Balaban J connectivity index is 0.00000121. The fraction of sp³-hybridized carbons (Fsp3) is 0. The molecule has 0 heterocycles. The second-order valence-corrected chi connectivity index (χ2v) is 2.98. The molecule has 1 aromatic carbocycles. The summed E-state index contributed by atoms with van der Waals surface area (Å²) in [6.07, 6.45) is 0. The topological polar surface area (TPSA) is 24.1 Å². The first-order chi connectivity index (χ1) is 5.29. The van der Waals surface area contributed by atoms with Gasteiger partial charge in [-0.15, -0.1) is 0 Å². The molecular weight excluding hydrogens is 215 g/mol. The van der Waals surface area contributed by atoms with Crippen molar-refractivity contribution in [2.45, 2.75) is 0 Å². The Morgan fingerprint density at radius 3 is 2.33 bits per heavy atom. The molecule has 0 aliphatic carbocycles. The van der Waals surface area contributed by atoms with E-state index in [1.165, 1.54) is 0 Å². The molecule has 0 fully saturated rings. The van der Waals surface area contributed by atoms with Crippen molar-refractivity contribution in [1.29, 1.82) is 0 Å². The van der Waals surface area contributed by atoms with Crippen molar-refractivity contribution >= 4 is 34.9 Å². The number of hydrazine groups is 1. The second kappa shape index (κ2) is 7.20. The van der Waals surface area contributed by atoms with Crippen LogP contribution in [-0.4, -0.2) is 4.32 Å². The van der Waals surface area contributed by atoms with Crippen LogP contribution in [-0.2, 0) is 12.6 Å². The van der Waals surface area contributed by atoms with E-state index in [-0.39, 0.29) is 51.4 Å². The number of hydrogen-bond acceptors (Lipinski definition) is 3. The minimum atomic E-state index is 0. The Morgan fingerprint density at radius 1 is 1.25 bits per heavy atom. The average Bonchev–Trinajstić information content (AvgIpc) is 2.03. The van der Waals surface area contributed by atoms with Gasteiger partial charge in [0.15, 0.2) is 0 Å². The fourth-order valence-electron chi connectivity index (χ4n) is 0.645. The van der Waals surface area contributed by atoms with Crippen LogP contribution in [0.1, 0.15) is 0 Å². The van der Waals surface area contributed by atoms with Gasteiger partial charge in [-0.25, -0.2) is 0 Å². The molecule has 1 aromatic rings. The number of rotatable bonds is 2. The molecule has 0 unspecified atom stereocenters. The maximum absolute atomic E-state index is 4.64. The van der Waals surface area contributed by atoms with Crippen molar-refractivity contribution in [2.24, 2.45) is 0 Å². The van der Waals surface area contributed by atoms with Crippen molar-refractivity contribution in [3.63, 3.8) is 0 Å². The second-order valence-electron chi connectivity index (χ2n) is 1.90. The first-order valence-electron chi connectivity index (χ1n) is 3.07. The van der Waals surface area contributed by atoms with E-state index in [1.54, 1.807) is 0 Å². The van der Waals surface area contributed by atoms with Gasteiger partial charge in [0, 0.05) is 0 Å². The Labute approximate surface area is 125 Å². The Bertz CT molecular complexity index is 240. The van der Waals surface area contributed by atoms with E-state index in [9.17, 15) is 0 Å². The molecule has 2 N–H and O–H groups in total. The predicted molar refractivity (Wildman–Crippen MR) is 53.2 cm³/mol. The summed E-state index contributed by atoms with van der Waals surface area (Å²) >= 11 is 9.27. The third-order valence-corrected chi connectivity index (χ3v) is 1.29. The molecule has 0 radical (unpaired) electrons. The van der Waals surface area contributed by atoms with Gasteiger partial charge >= 0.3 is 51.4 Å². The quantitative estimate of drug-likeness (QED) is 0.274. The summed E-state index contributed by atoms with van der Waals surface area (Å²) in [7, 11) is 0. The van der Waals surface area contributed by atoms with E-state index >= 15 is 0 Å². The average molecular weight is 222 g/mol. The first-order valence-corrected chi connectivity index (χ1v) is 3.89. The van der Waals surface area contributed by atoms with E-state index < -0.39 is 0 Å². The normalized spacial score (nSPS) is 8.00. The third-order valence-electron chi connectivity index (χ3n) is 1.08. The van der Waals surface area contributed by atoms with Gasteiger partial charge in [0.1, 0.15) is 0 Å². The van der Waals surface area contributed by atoms with Crippen molar-refractivity contribution in [3.05, 3.63) is 30.3 Å². The Morgan fingerprint density at radius 2 is 1.83 bits per heavy atom. The van der Waals surface area contributed by atoms with Crippen LogP contribution in [0.25, 0.3) is 0 Å². The molecule has 0 aromatic heterocycles. The molecule has 0 spiro atoms. The van der Waals surface area contributed by atoms with Gasteiger partial charge in [-0.3, -0.25) is 0 Å². The standard InChI is InChI=1S/C7H8N2S2.K/c10-7(11)9-8-6-4-2-1-3-5-6;/h1-5,8H,(H2,9,10,11);/q;+1/p-1. The summed E-state index contributed by atoms with van der Waals surface area (Å²) < 4.78 is 0.314. The molecule has 5 heteroatoms. The van der Waals surface area contributed by atoms with Crippen molar-refractivity contribution in [2.75, 3.05) is 5.43 Å². The fourth-order valence-corrected chi connectivity index (χ4v) is 0.747. The number of hydrogen-bond donors (Lipinski definition) is 2. The zero-order valence-corrected chi connectivity index (χ0v) is 11.5. The van der Waals surface area contributed by atoms with E-state index in [4.69, 9.17) is 0 Å². The first kappa shape index (κ1) is 12.8. The van der Waals surface area contributed by atoms with Crippen molar-refractivity contribution in [3.8, 4) is 0 Å². The summed E-state index contributed by atoms with van der Waals surface area (Å²) in [6.45, 7) is 0. The molecule has 2 nitrogen and oxygen atoms in total. The van der Waals surface area contributed by atoms with Crippen LogP contribution >= 0.6 is 12.2 Å². The SMILES string of the molecule is S=C([S-])NNc1ccccc1.[K+]. The van der Waals surface area contributed by atoms with Gasteiger partial charge in [-0.1, -0.05) is 18.2 Å². The maximum atomic E-state index is 4.64. The minimum Gasteiger partial charge on any atom is -0.410 e. The Hall–Kier alpha value is 0.766. The zero-order chi connectivity index (χ0) is 8.10. The van der Waals surface area contributed by atoms with Crippen molar-refractivity contribution in [1.82, 2.24) is 5.43 Å². The molecule has 1 rings (SSSR count). The largest absolute Gasteiger partial charge is 1.00 e. The summed E-state index contributed by atoms with van der Waals surface area (Å²) in [6, 6.07) is 9.63. The van der Waals surface area contributed by atoms with E-state index in [0.717, 1.165) is 5.69 Å². The van der Waals surface area contributed by atoms with Gasteiger partial charge in [0.25, 0.3) is 0 Å². The molecule has 0 saturated heterocycles. The number of benzene rings is 1. The van der Waals surface area contributed by atoms with Crippen LogP contribution in [0, 0.1) is 0 Å². The summed E-state index contributed by atoms with van der Waals surface area (Å²) in [4.78, 5) is 0. The number of thiocarbonyl (C=S) groups is 1. The number of para-hydroxylation sites is 1. The van der Waals surface area contributed by atoms with Crippen molar-refractivity contribution < 1.29 is 51.4 Å². The minimum absolute atomic E-state index is 0. The molecule has 0 aliphatic heterocycles. The van der Waals surface area contributed by atoms with Crippen LogP contribution in [0.2, 0.25) is 0 Å². The van der Waals surface area contributed by atoms with E-state index in [0.29, 0.717) is 4.32 Å². The summed E-state index contributed by atoms with van der Waals surface area (Å²) in [5.74, 6) is 0. The third kappa shape index (κ3) is 5.42. The molecule has 0 bridgehead atoms. The van der Waals surface area contributed by atoms with Gasteiger partial charge in [-0.05, 0) is 16.5 Å². The van der Waals surface area contributed by atoms with E-state index in [2.05, 4.69) is 35.7 Å². The van der Waals surface area contributed by atoms with Crippen LogP contribution in [0.5, 0.6) is 0 Å². The molecule has 0 saturated carbocycles. The zero-order valence-electron chi connectivity index (χ0n) is 6.70. The van der Waals surface area contributed by atoms with Crippen LogP contribution in [0.15, 0.2) is 30.3 Å². The predicted octanol–water partition coefficient (Wildman–Crippen LogP) is -1.56.